The Labute approximate surface area is 162 Å². The highest BCUT2D eigenvalue weighted by Gasteiger charge is 2.63. The maximum absolute atomic E-state index is 13.3. The highest BCUT2D eigenvalue weighted by molar-refractivity contribution is 6.25. The number of fused-ring (bicyclic) bond motifs is 6. The number of likely N-dealkylation sites (tertiary alicyclic amines) is 1. The van der Waals surface area contributed by atoms with E-state index in [1.807, 2.05) is 36.4 Å². The van der Waals surface area contributed by atoms with E-state index in [9.17, 15) is 14.4 Å². The Morgan fingerprint density at radius 2 is 1.86 bits per heavy atom. The highest BCUT2D eigenvalue weighted by atomic mass is 16.6. The predicted octanol–water partition coefficient (Wildman–Crippen LogP) is 2.98. The van der Waals surface area contributed by atoms with Crippen LogP contribution in [-0.4, -0.2) is 58.6 Å². The summed E-state index contributed by atoms with van der Waals surface area (Å²) in [4.78, 5) is 43.5. The zero-order valence-corrected chi connectivity index (χ0v) is 15.7. The average Bonchev–Trinajstić information content (AvgIpc) is 3.33. The lowest BCUT2D eigenvalue weighted by Gasteiger charge is -2.34. The van der Waals surface area contributed by atoms with E-state index in [1.165, 1.54) is 4.90 Å². The number of rotatable bonds is 2. The van der Waals surface area contributed by atoms with Gasteiger partial charge < -0.3 is 14.5 Å². The van der Waals surface area contributed by atoms with E-state index in [-0.39, 0.29) is 30.1 Å². The first-order valence-electron chi connectivity index (χ1n) is 9.58. The summed E-state index contributed by atoms with van der Waals surface area (Å²) < 4.78 is 5.33. The van der Waals surface area contributed by atoms with Gasteiger partial charge in [-0.3, -0.25) is 4.79 Å². The minimum atomic E-state index is -0.634. The number of nitrogens with zero attached hydrogens (tertiary/aromatic N) is 3. The fourth-order valence-corrected chi connectivity index (χ4v) is 4.76. The van der Waals surface area contributed by atoms with Gasteiger partial charge in [-0.25, -0.2) is 14.5 Å². The molecule has 4 amide bonds. The Morgan fingerprint density at radius 3 is 2.64 bits per heavy atom. The van der Waals surface area contributed by atoms with Crippen molar-refractivity contribution in [1.82, 2.24) is 9.80 Å². The molecule has 0 saturated carbocycles. The van der Waals surface area contributed by atoms with Gasteiger partial charge in [0, 0.05) is 11.9 Å². The smallest absolute Gasteiger partial charge is 0.410 e. The molecule has 3 heterocycles. The van der Waals surface area contributed by atoms with Crippen LogP contribution >= 0.6 is 0 Å². The van der Waals surface area contributed by atoms with Crippen molar-refractivity contribution in [3.05, 3.63) is 42.5 Å². The standard InChI is InChI=1S/C21H21N3O4/c1-12(2)28-21(27)22-11-14-10-17(22)18-19(25)24(20(26)23(14)18)16-9-5-7-13-6-3-4-8-15(13)16/h3-9,12,14,17-18H,10-11H2,1-2H3/t14-,17?,18?/m1/s1. The third-order valence-corrected chi connectivity index (χ3v) is 5.84. The van der Waals surface area contributed by atoms with Gasteiger partial charge in [0.25, 0.3) is 5.91 Å². The number of hydrogen-bond donors (Lipinski definition) is 0. The molecule has 2 unspecified atom stereocenters. The maximum atomic E-state index is 13.3. The fraction of sp³-hybridized carbons (Fsp3) is 0.381. The second kappa shape index (κ2) is 5.95. The molecule has 144 valence electrons. The molecule has 0 aliphatic carbocycles. The summed E-state index contributed by atoms with van der Waals surface area (Å²) >= 11 is 0. The molecule has 0 radical (unpaired) electrons. The summed E-state index contributed by atoms with van der Waals surface area (Å²) in [6.45, 7) is 4.01. The maximum Gasteiger partial charge on any atom is 0.410 e. The van der Waals surface area contributed by atoms with Gasteiger partial charge in [0.05, 0.1) is 23.9 Å². The van der Waals surface area contributed by atoms with E-state index in [1.54, 1.807) is 29.7 Å². The van der Waals surface area contributed by atoms with Crippen molar-refractivity contribution in [2.75, 3.05) is 11.4 Å². The van der Waals surface area contributed by atoms with Crippen LogP contribution in [0.5, 0.6) is 0 Å². The summed E-state index contributed by atoms with van der Waals surface area (Å²) in [7, 11) is 0. The van der Waals surface area contributed by atoms with Gasteiger partial charge in [-0.1, -0.05) is 36.4 Å². The summed E-state index contributed by atoms with van der Waals surface area (Å²) in [6, 6.07) is 11.9. The van der Waals surface area contributed by atoms with Crippen molar-refractivity contribution in [2.45, 2.75) is 44.5 Å². The van der Waals surface area contributed by atoms with Crippen molar-refractivity contribution in [1.29, 1.82) is 0 Å². The fourth-order valence-electron chi connectivity index (χ4n) is 4.76. The van der Waals surface area contributed by atoms with Gasteiger partial charge >= 0.3 is 12.1 Å². The molecule has 3 saturated heterocycles. The van der Waals surface area contributed by atoms with Crippen molar-refractivity contribution >= 4 is 34.5 Å². The monoisotopic (exact) mass is 379 g/mol. The number of amides is 4. The molecule has 2 aromatic rings. The summed E-state index contributed by atoms with van der Waals surface area (Å²) in [5.74, 6) is -0.268. The average molecular weight is 379 g/mol. The first-order chi connectivity index (χ1) is 13.5. The Hall–Kier alpha value is -3.09. The van der Waals surface area contributed by atoms with Gasteiger partial charge in [0.15, 0.2) is 0 Å². The SMILES string of the molecule is CC(C)OC(=O)N1C[C@H]2CC1C1C(=O)N(c3cccc4ccccc34)C(=O)N12. The zero-order valence-electron chi connectivity index (χ0n) is 15.7. The molecule has 2 bridgehead atoms. The van der Waals surface area contributed by atoms with Crippen LogP contribution in [-0.2, 0) is 9.53 Å². The van der Waals surface area contributed by atoms with Crippen LogP contribution in [0.25, 0.3) is 10.8 Å². The van der Waals surface area contributed by atoms with Crippen LogP contribution in [0.15, 0.2) is 42.5 Å². The van der Waals surface area contributed by atoms with Gasteiger partial charge in [-0.05, 0) is 31.7 Å². The van der Waals surface area contributed by atoms with E-state index in [2.05, 4.69) is 0 Å². The lowest BCUT2D eigenvalue weighted by atomic mass is 10.1. The van der Waals surface area contributed by atoms with E-state index in [0.29, 0.717) is 18.7 Å². The van der Waals surface area contributed by atoms with Crippen LogP contribution in [0, 0.1) is 0 Å². The number of hydrogen-bond acceptors (Lipinski definition) is 4. The zero-order chi connectivity index (χ0) is 19.6. The summed E-state index contributed by atoms with van der Waals surface area (Å²) in [6.07, 6.45) is -0.0135. The molecule has 3 fully saturated rings. The molecule has 0 aromatic heterocycles. The second-order valence-electron chi connectivity index (χ2n) is 7.85. The number of urea groups is 1. The first kappa shape index (κ1) is 17.0. The van der Waals surface area contributed by atoms with Gasteiger partial charge in [0.1, 0.15) is 6.04 Å². The van der Waals surface area contributed by atoms with Crippen molar-refractivity contribution < 1.29 is 19.1 Å². The van der Waals surface area contributed by atoms with Crippen molar-refractivity contribution in [3.8, 4) is 0 Å². The van der Waals surface area contributed by atoms with Crippen LogP contribution in [0.2, 0.25) is 0 Å². The first-order valence-corrected chi connectivity index (χ1v) is 9.58. The van der Waals surface area contributed by atoms with Gasteiger partial charge in [-0.15, -0.1) is 0 Å². The van der Waals surface area contributed by atoms with Crippen LogP contribution in [0.4, 0.5) is 15.3 Å². The predicted molar refractivity (Wildman–Crippen MR) is 103 cm³/mol. The molecule has 2 aromatic carbocycles. The van der Waals surface area contributed by atoms with Crippen LogP contribution in [0.3, 0.4) is 0 Å². The third-order valence-electron chi connectivity index (χ3n) is 5.84. The second-order valence-corrected chi connectivity index (χ2v) is 7.85. The normalized spacial score (nSPS) is 26.0. The van der Waals surface area contributed by atoms with E-state index < -0.39 is 12.1 Å². The minimum Gasteiger partial charge on any atom is -0.447 e. The molecule has 0 spiro atoms. The van der Waals surface area contributed by atoms with Crippen LogP contribution < -0.4 is 4.90 Å². The number of ether oxygens (including phenoxy) is 1. The number of benzene rings is 2. The Kier molecular flexibility index (Phi) is 3.62. The molecule has 7 nitrogen and oxygen atoms in total. The quantitative estimate of drug-likeness (QED) is 0.752. The summed E-state index contributed by atoms with van der Waals surface area (Å²) in [5.41, 5.74) is 0.596. The Bertz CT molecular complexity index is 999. The number of piperazine rings is 1. The molecule has 3 aliphatic heterocycles. The molecule has 3 aliphatic rings. The lowest BCUT2D eigenvalue weighted by molar-refractivity contribution is -0.121. The number of carbonyl (C=O) groups is 3. The minimum absolute atomic E-state index is 0.147. The van der Waals surface area contributed by atoms with E-state index in [0.717, 1.165) is 10.8 Å². The van der Waals surface area contributed by atoms with Gasteiger partial charge in [-0.2, -0.15) is 0 Å². The molecular weight excluding hydrogens is 358 g/mol. The molecular formula is C21H21N3O4. The van der Waals surface area contributed by atoms with Crippen molar-refractivity contribution in [3.63, 3.8) is 0 Å². The molecule has 28 heavy (non-hydrogen) atoms. The van der Waals surface area contributed by atoms with Crippen molar-refractivity contribution in [2.24, 2.45) is 0 Å². The third kappa shape index (κ3) is 2.25. The van der Waals surface area contributed by atoms with Crippen LogP contribution in [0.1, 0.15) is 20.3 Å². The molecule has 7 heteroatoms. The summed E-state index contributed by atoms with van der Waals surface area (Å²) in [5, 5.41) is 1.83. The number of anilines is 1. The molecule has 0 N–H and O–H groups in total. The lowest BCUT2D eigenvalue weighted by Crippen LogP contribution is -2.55. The topological polar surface area (TPSA) is 70.2 Å². The Balaban J connectivity index is 1.50. The number of imide groups is 1. The number of carbonyl (C=O) groups excluding carboxylic acids is 3. The van der Waals surface area contributed by atoms with E-state index >= 15 is 0 Å². The van der Waals surface area contributed by atoms with Gasteiger partial charge in [0.2, 0.25) is 0 Å². The molecule has 3 atom stereocenters. The largest absolute Gasteiger partial charge is 0.447 e. The highest BCUT2D eigenvalue weighted by Crippen LogP contribution is 2.43. The molecule has 5 rings (SSSR count). The van der Waals surface area contributed by atoms with E-state index in [4.69, 9.17) is 4.74 Å². The Morgan fingerprint density at radius 1 is 1.11 bits per heavy atom.